The third-order valence-corrected chi connectivity index (χ3v) is 8.44. The first-order valence-corrected chi connectivity index (χ1v) is 17.3. The van der Waals surface area contributed by atoms with Crippen molar-refractivity contribution in [2.75, 3.05) is 31.9 Å². The molecule has 50 heavy (non-hydrogen) atoms. The first-order chi connectivity index (χ1) is 23.7. The second-order valence-electron chi connectivity index (χ2n) is 11.4. The summed E-state index contributed by atoms with van der Waals surface area (Å²) in [6.45, 7) is 5.99. The van der Waals surface area contributed by atoms with Crippen LogP contribution < -0.4 is 5.32 Å². The number of hydrogen-bond acceptors (Lipinski definition) is 17. The fourth-order valence-corrected chi connectivity index (χ4v) is 5.60. The molecule has 0 radical (unpaired) electrons. The van der Waals surface area contributed by atoms with Crippen molar-refractivity contribution in [3.63, 3.8) is 0 Å². The van der Waals surface area contributed by atoms with Gasteiger partial charge in [0.25, 0.3) is 0 Å². The van der Waals surface area contributed by atoms with Crippen LogP contribution in [0.3, 0.4) is 0 Å². The van der Waals surface area contributed by atoms with Crippen LogP contribution in [0.2, 0.25) is 5.28 Å². The van der Waals surface area contributed by atoms with Crippen molar-refractivity contribution in [3.05, 3.63) is 47.1 Å². The summed E-state index contributed by atoms with van der Waals surface area (Å²) in [6.07, 6.45) is -8.08. The van der Waals surface area contributed by atoms with E-state index in [9.17, 15) is 28.8 Å². The van der Waals surface area contributed by atoms with Crippen LogP contribution in [0.4, 0.5) is 19.8 Å². The van der Waals surface area contributed by atoms with Gasteiger partial charge in [-0.05, 0) is 63.9 Å². The van der Waals surface area contributed by atoms with E-state index in [1.807, 2.05) is 6.92 Å². The summed E-state index contributed by atoms with van der Waals surface area (Å²) in [4.78, 5) is 31.8. The summed E-state index contributed by atoms with van der Waals surface area (Å²) >= 11 is 6.22. The molecule has 3 aromatic rings. The monoisotopic (exact) mass is 749 g/mol. The van der Waals surface area contributed by atoms with Crippen molar-refractivity contribution in [2.24, 2.45) is 0 Å². The molecule has 0 amide bonds. The highest BCUT2D eigenvalue weighted by atomic mass is 35.5. The first kappa shape index (κ1) is 39.1. The van der Waals surface area contributed by atoms with E-state index in [2.05, 4.69) is 20.4 Å². The lowest BCUT2D eigenvalue weighted by Gasteiger charge is -2.20. The van der Waals surface area contributed by atoms with Gasteiger partial charge in [0.15, 0.2) is 11.9 Å². The molecule has 5 atom stereocenters. The van der Waals surface area contributed by atoms with Crippen molar-refractivity contribution in [3.8, 4) is 0 Å². The van der Waals surface area contributed by atoms with E-state index in [0.717, 1.165) is 5.56 Å². The number of carbonyl (C=O) groups excluding carboxylic acids is 2. The van der Waals surface area contributed by atoms with E-state index in [1.165, 1.54) is 23.0 Å². The van der Waals surface area contributed by atoms with Crippen LogP contribution in [0.1, 0.15) is 52.5 Å². The number of hydrogen-bond donors (Lipinski definition) is 3. The maximum Gasteiger partial charge on any atom is 0.510 e. The van der Waals surface area contributed by atoms with Gasteiger partial charge < -0.3 is 44.0 Å². The molecule has 2 aromatic heterocycles. The van der Waals surface area contributed by atoms with E-state index < -0.39 is 83.2 Å². The number of halogens is 2. The van der Waals surface area contributed by atoms with Gasteiger partial charge in [0.05, 0.1) is 30.4 Å². The highest BCUT2D eigenvalue weighted by molar-refractivity contribution is 7.53. The molecule has 21 heteroatoms. The zero-order chi connectivity index (χ0) is 36.6. The van der Waals surface area contributed by atoms with Gasteiger partial charge >= 0.3 is 19.9 Å². The van der Waals surface area contributed by atoms with Crippen LogP contribution >= 0.6 is 19.2 Å². The molecule has 0 unspecified atom stereocenters. The Kier molecular flexibility index (Phi) is 13.7. The van der Waals surface area contributed by atoms with E-state index in [4.69, 9.17) is 49.1 Å². The molecule has 3 N–H and O–H groups in total. The van der Waals surface area contributed by atoms with Gasteiger partial charge in [-0.15, -0.1) is 0 Å². The lowest BCUT2D eigenvalue weighted by molar-refractivity contribution is -0.0691. The van der Waals surface area contributed by atoms with Crippen LogP contribution in [0.5, 0.6) is 0 Å². The third-order valence-electron chi connectivity index (χ3n) is 6.78. The second kappa shape index (κ2) is 17.5. The van der Waals surface area contributed by atoms with E-state index in [1.54, 1.807) is 39.8 Å². The normalized spacial score (nSPS) is 19.9. The molecular weight excluding hydrogens is 712 g/mol. The van der Waals surface area contributed by atoms with Crippen molar-refractivity contribution in [2.45, 2.75) is 77.4 Å². The number of fused-ring (bicyclic) bond motifs is 1. The number of aromatic nitrogens is 4. The molecule has 0 saturated carbocycles. The molecule has 1 aromatic carbocycles. The molecule has 18 nitrogen and oxygen atoms in total. The smallest absolute Gasteiger partial charge is 0.432 e. The van der Waals surface area contributed by atoms with Crippen molar-refractivity contribution in [1.29, 1.82) is 0 Å². The Labute approximate surface area is 290 Å². The first-order valence-electron chi connectivity index (χ1n) is 15.2. The van der Waals surface area contributed by atoms with Gasteiger partial charge in [-0.3, -0.25) is 13.6 Å². The number of aliphatic hydroxyl groups excluding tert-OH is 2. The van der Waals surface area contributed by atoms with Crippen LogP contribution in [0.15, 0.2) is 30.5 Å². The zero-order valence-electron chi connectivity index (χ0n) is 27.6. The number of nitrogens with zero attached hydrogens (tertiary/aromatic N) is 4. The Morgan fingerprint density at radius 1 is 1.00 bits per heavy atom. The maximum atomic E-state index is 13.4. The largest absolute Gasteiger partial charge is 0.510 e. The summed E-state index contributed by atoms with van der Waals surface area (Å²) < 4.78 is 68.6. The van der Waals surface area contributed by atoms with Crippen LogP contribution in [-0.2, 0) is 42.0 Å². The average molecular weight is 750 g/mol. The van der Waals surface area contributed by atoms with Gasteiger partial charge in [0.1, 0.15) is 36.3 Å². The quantitative estimate of drug-likeness (QED) is 0.0785. The molecule has 3 heterocycles. The van der Waals surface area contributed by atoms with Crippen LogP contribution in [0, 0.1) is 5.82 Å². The molecular formula is C29H38ClFN5O13P. The molecule has 4 rings (SSSR count). The molecule has 1 aliphatic heterocycles. The lowest BCUT2D eigenvalue weighted by atomic mass is 10.1. The number of ether oxygens (including phenoxy) is 6. The summed E-state index contributed by atoms with van der Waals surface area (Å²) in [5.74, 6) is -0.0771. The standard InChI is InChI=1S/C29H38ClFN5O13P/c1-15(2)47-28(39)43-12-45-50(41,46-13-44-29(40)48-16(3)4)14-42-11-21-22(37)23(38)26(49-21)36-25-20(10-32-36)24(34-27(30)35-25)33-17(5)18-6-8-19(31)9-7-18/h6-10,15-17,21-23,26,37-38H,11-14H2,1-5H3,(H,33,34,35)/t17-,21+,22+,23+,26+/m0/s1. The minimum Gasteiger partial charge on any atom is -0.432 e. The Hall–Kier alpha value is -3.68. The number of aliphatic hydroxyl groups is 2. The third kappa shape index (κ3) is 10.7. The van der Waals surface area contributed by atoms with E-state index >= 15 is 0 Å². The van der Waals surface area contributed by atoms with Gasteiger partial charge in [-0.2, -0.15) is 15.1 Å². The van der Waals surface area contributed by atoms with E-state index in [-0.39, 0.29) is 22.8 Å². The van der Waals surface area contributed by atoms with E-state index in [0.29, 0.717) is 11.2 Å². The summed E-state index contributed by atoms with van der Waals surface area (Å²) in [5, 5.41) is 29.4. The Bertz CT molecular complexity index is 1620. The average Bonchev–Trinajstić information content (AvgIpc) is 3.56. The Balaban J connectivity index is 1.41. The Morgan fingerprint density at radius 3 is 2.18 bits per heavy atom. The van der Waals surface area contributed by atoms with Gasteiger partial charge in [-0.1, -0.05) is 12.1 Å². The molecule has 1 saturated heterocycles. The van der Waals surface area contributed by atoms with Crippen LogP contribution in [0.25, 0.3) is 11.0 Å². The number of anilines is 1. The predicted octanol–water partition coefficient (Wildman–Crippen LogP) is 4.65. The summed E-state index contributed by atoms with van der Waals surface area (Å²) in [5.41, 5.74) is 0.930. The lowest BCUT2D eigenvalue weighted by Crippen LogP contribution is -2.34. The fourth-order valence-electron chi connectivity index (χ4n) is 4.46. The molecule has 1 aliphatic rings. The SMILES string of the molecule is CC(C)OC(=O)OCOP(=O)(COC[C@H]1O[C@@H](n2ncc3c(N[C@@H](C)c4ccc(F)cc4)nc(Cl)nc32)[C@H](O)[C@@H]1O)OCOC(=O)OC(C)C. The topological polar surface area (TPSA) is 221 Å². The molecule has 0 spiro atoms. The van der Waals surface area contributed by atoms with Crippen LogP contribution in [-0.4, -0.2) is 99.3 Å². The number of benzene rings is 1. The summed E-state index contributed by atoms with van der Waals surface area (Å²) in [6, 6.07) is 5.58. The minimum absolute atomic E-state index is 0.153. The number of rotatable bonds is 16. The fraction of sp³-hybridized carbons (Fsp3) is 0.552. The predicted molar refractivity (Wildman–Crippen MR) is 170 cm³/mol. The Morgan fingerprint density at radius 2 is 1.60 bits per heavy atom. The van der Waals surface area contributed by atoms with Crippen molar-refractivity contribution >= 4 is 48.4 Å². The highest BCUT2D eigenvalue weighted by Crippen LogP contribution is 2.48. The summed E-state index contributed by atoms with van der Waals surface area (Å²) in [7, 11) is -4.30. The minimum atomic E-state index is -4.30. The molecule has 1 fully saturated rings. The van der Waals surface area contributed by atoms with Gasteiger partial charge in [0.2, 0.25) is 18.9 Å². The molecule has 276 valence electrons. The highest BCUT2D eigenvalue weighted by Gasteiger charge is 2.45. The maximum absolute atomic E-state index is 13.4. The molecule has 0 bridgehead atoms. The number of nitrogens with one attached hydrogen (secondary N) is 1. The zero-order valence-corrected chi connectivity index (χ0v) is 29.3. The van der Waals surface area contributed by atoms with Crippen molar-refractivity contribution in [1.82, 2.24) is 19.7 Å². The van der Waals surface area contributed by atoms with Gasteiger partial charge in [0, 0.05) is 6.04 Å². The number of carbonyl (C=O) groups is 2. The second-order valence-corrected chi connectivity index (χ2v) is 13.7. The van der Waals surface area contributed by atoms with Gasteiger partial charge in [-0.25, -0.2) is 18.7 Å². The van der Waals surface area contributed by atoms with Crippen molar-refractivity contribution < 1.29 is 66.2 Å². The molecule has 0 aliphatic carbocycles.